The van der Waals surface area contributed by atoms with Gasteiger partial charge in [-0.3, -0.25) is 4.79 Å². The first kappa shape index (κ1) is 22.9. The zero-order chi connectivity index (χ0) is 19.5. The SMILES string of the molecule is O=C(O)c1c(C2CCCCC2)c(C2CCCCC2)c(C2CCCCC2)[nH]c1=O.[Sn]. The predicted octanol–water partition coefficient (Wildman–Crippen LogP) is 5.84. The number of H-pyrrole nitrogens is 1. The normalized spacial score (nSPS) is 22.2. The van der Waals surface area contributed by atoms with Gasteiger partial charge in [0.05, 0.1) is 0 Å². The molecule has 4 nitrogen and oxygen atoms in total. The molecule has 5 heteroatoms. The summed E-state index contributed by atoms with van der Waals surface area (Å²) >= 11 is 0. The Morgan fingerprint density at radius 2 is 1.10 bits per heavy atom. The van der Waals surface area contributed by atoms with Gasteiger partial charge in [-0.1, -0.05) is 57.8 Å². The van der Waals surface area contributed by atoms with Crippen molar-refractivity contribution in [3.63, 3.8) is 0 Å². The number of hydrogen-bond acceptors (Lipinski definition) is 2. The van der Waals surface area contributed by atoms with Crippen LogP contribution >= 0.6 is 0 Å². The summed E-state index contributed by atoms with van der Waals surface area (Å²) in [6.45, 7) is 0. The molecule has 0 spiro atoms. The number of carboxylic acids is 1. The first-order valence-corrected chi connectivity index (χ1v) is 11.7. The summed E-state index contributed by atoms with van der Waals surface area (Å²) in [7, 11) is 0. The number of carbonyl (C=O) groups is 1. The van der Waals surface area contributed by atoms with Crippen LogP contribution in [0.3, 0.4) is 0 Å². The zero-order valence-corrected chi connectivity index (χ0v) is 20.5. The molecule has 3 aliphatic carbocycles. The predicted molar refractivity (Wildman–Crippen MR) is 117 cm³/mol. The smallest absolute Gasteiger partial charge is 0.341 e. The summed E-state index contributed by atoms with van der Waals surface area (Å²) < 4.78 is 0. The Morgan fingerprint density at radius 1 is 0.690 bits per heavy atom. The summed E-state index contributed by atoms with van der Waals surface area (Å²) in [4.78, 5) is 28.3. The van der Waals surface area contributed by atoms with E-state index in [4.69, 9.17) is 0 Å². The number of carboxylic acid groups (broad SMARTS) is 1. The first-order chi connectivity index (χ1) is 13.7. The van der Waals surface area contributed by atoms with Crippen LogP contribution < -0.4 is 5.56 Å². The maximum absolute atomic E-state index is 13.0. The van der Waals surface area contributed by atoms with Crippen LogP contribution in [0, 0.1) is 0 Å². The van der Waals surface area contributed by atoms with Crippen molar-refractivity contribution in [3.8, 4) is 0 Å². The largest absolute Gasteiger partial charge is 0.477 e. The van der Waals surface area contributed by atoms with Crippen LogP contribution in [0.2, 0.25) is 0 Å². The molecule has 3 saturated carbocycles. The number of pyridine rings is 1. The Bertz CT molecular complexity index is 754. The number of aromatic nitrogens is 1. The van der Waals surface area contributed by atoms with Gasteiger partial charge in [0.2, 0.25) is 0 Å². The van der Waals surface area contributed by atoms with Crippen LogP contribution in [0.25, 0.3) is 0 Å². The van der Waals surface area contributed by atoms with Gasteiger partial charge in [0, 0.05) is 29.6 Å². The maximum Gasteiger partial charge on any atom is 0.341 e. The molecule has 0 saturated heterocycles. The van der Waals surface area contributed by atoms with Crippen LogP contribution in [-0.4, -0.2) is 40.0 Å². The van der Waals surface area contributed by atoms with Gasteiger partial charge in [-0.25, -0.2) is 4.79 Å². The molecule has 158 valence electrons. The van der Waals surface area contributed by atoms with Crippen LogP contribution in [0.15, 0.2) is 4.79 Å². The van der Waals surface area contributed by atoms with Crippen LogP contribution in [0.5, 0.6) is 0 Å². The second-order valence-electron chi connectivity index (χ2n) is 9.38. The molecule has 0 amide bonds. The van der Waals surface area contributed by atoms with Crippen molar-refractivity contribution >= 4 is 29.9 Å². The van der Waals surface area contributed by atoms with E-state index >= 15 is 0 Å². The molecule has 4 rings (SSSR count). The van der Waals surface area contributed by atoms with Crippen molar-refractivity contribution in [1.29, 1.82) is 0 Å². The van der Waals surface area contributed by atoms with E-state index in [1.54, 1.807) is 0 Å². The van der Waals surface area contributed by atoms with Gasteiger partial charge in [-0.2, -0.15) is 0 Å². The quantitative estimate of drug-likeness (QED) is 0.507. The maximum atomic E-state index is 13.0. The third kappa shape index (κ3) is 4.94. The Labute approximate surface area is 191 Å². The molecule has 0 atom stereocenters. The number of aromatic amines is 1. The number of aromatic carboxylic acids is 1. The Hall–Kier alpha value is -0.781. The molecule has 3 aliphatic rings. The van der Waals surface area contributed by atoms with Gasteiger partial charge in [0.1, 0.15) is 5.56 Å². The minimum atomic E-state index is -1.03. The molecule has 3 fully saturated rings. The van der Waals surface area contributed by atoms with Crippen molar-refractivity contribution in [3.05, 3.63) is 32.7 Å². The van der Waals surface area contributed by atoms with E-state index in [2.05, 4.69) is 4.98 Å². The van der Waals surface area contributed by atoms with Gasteiger partial charge in [-0.05, 0) is 67.4 Å². The van der Waals surface area contributed by atoms with E-state index in [1.165, 1.54) is 50.5 Å². The van der Waals surface area contributed by atoms with Crippen molar-refractivity contribution in [2.75, 3.05) is 0 Å². The van der Waals surface area contributed by atoms with E-state index in [-0.39, 0.29) is 40.9 Å². The van der Waals surface area contributed by atoms with Crippen molar-refractivity contribution in [2.45, 2.75) is 114 Å². The van der Waals surface area contributed by atoms with E-state index in [9.17, 15) is 14.7 Å². The van der Waals surface area contributed by atoms with Gasteiger partial charge >= 0.3 is 5.97 Å². The molecule has 4 radical (unpaired) electrons. The van der Waals surface area contributed by atoms with Crippen LogP contribution in [0.1, 0.15) is 141 Å². The molecule has 1 aromatic rings. The Morgan fingerprint density at radius 3 is 1.55 bits per heavy atom. The fourth-order valence-electron chi connectivity index (χ4n) is 6.23. The summed E-state index contributed by atoms with van der Waals surface area (Å²) in [5.74, 6) is 0.0524. The molecule has 0 aliphatic heterocycles. The van der Waals surface area contributed by atoms with Crippen LogP contribution in [0.4, 0.5) is 0 Å². The minimum Gasteiger partial charge on any atom is -0.477 e. The minimum absolute atomic E-state index is 0. The summed E-state index contributed by atoms with van der Waals surface area (Å²) in [5, 5.41) is 9.98. The Kier molecular flexibility index (Phi) is 8.29. The second kappa shape index (κ2) is 10.5. The van der Waals surface area contributed by atoms with Crippen LogP contribution in [-0.2, 0) is 0 Å². The standard InChI is InChI=1S/C24H35NO3.Sn/c26-23-21(24(27)28)19(16-10-4-1-5-11-16)20(17-12-6-2-7-13-17)22(25-23)18-14-8-3-9-15-18;/h16-18H,1-15H2,(H,25,26)(H,27,28);. The molecular formula is C24H35NO3Sn. The monoisotopic (exact) mass is 505 g/mol. The summed E-state index contributed by atoms with van der Waals surface area (Å²) in [5.41, 5.74) is 3.06. The second-order valence-corrected chi connectivity index (χ2v) is 9.38. The average Bonchev–Trinajstić information content (AvgIpc) is 2.74. The zero-order valence-electron chi connectivity index (χ0n) is 17.6. The average molecular weight is 504 g/mol. The van der Waals surface area contributed by atoms with E-state index in [0.29, 0.717) is 11.8 Å². The van der Waals surface area contributed by atoms with E-state index in [0.717, 1.165) is 62.6 Å². The van der Waals surface area contributed by atoms with E-state index < -0.39 is 5.97 Å². The summed E-state index contributed by atoms with van der Waals surface area (Å²) in [6.07, 6.45) is 17.6. The van der Waals surface area contributed by atoms with Gasteiger partial charge < -0.3 is 10.1 Å². The fourth-order valence-corrected chi connectivity index (χ4v) is 6.23. The van der Waals surface area contributed by atoms with Gasteiger partial charge in [0.25, 0.3) is 5.56 Å². The molecule has 0 aromatic carbocycles. The molecule has 29 heavy (non-hydrogen) atoms. The number of hydrogen-bond donors (Lipinski definition) is 2. The number of nitrogens with one attached hydrogen (secondary N) is 1. The van der Waals surface area contributed by atoms with E-state index in [1.807, 2.05) is 0 Å². The third-order valence-corrected chi connectivity index (χ3v) is 7.58. The summed E-state index contributed by atoms with van der Waals surface area (Å²) in [6, 6.07) is 0. The molecule has 0 bridgehead atoms. The topological polar surface area (TPSA) is 70.2 Å². The Balaban J connectivity index is 0.00000240. The van der Waals surface area contributed by atoms with Crippen molar-refractivity contribution in [1.82, 2.24) is 4.98 Å². The van der Waals surface area contributed by atoms with Gasteiger partial charge in [0.15, 0.2) is 0 Å². The molecular weight excluding hydrogens is 469 g/mol. The molecule has 1 aromatic heterocycles. The molecule has 0 unspecified atom stereocenters. The molecule has 1 heterocycles. The van der Waals surface area contributed by atoms with Crippen molar-refractivity contribution < 1.29 is 9.90 Å². The first-order valence-electron chi connectivity index (χ1n) is 11.7. The van der Waals surface area contributed by atoms with Gasteiger partial charge in [-0.15, -0.1) is 0 Å². The fraction of sp³-hybridized carbons (Fsp3) is 0.750. The third-order valence-electron chi connectivity index (χ3n) is 7.58. The molecule has 2 N–H and O–H groups in total. The number of rotatable bonds is 4. The van der Waals surface area contributed by atoms with Crippen molar-refractivity contribution in [2.24, 2.45) is 0 Å².